The molecule has 2 unspecified atom stereocenters. The van der Waals surface area contributed by atoms with E-state index in [1.54, 1.807) is 6.92 Å². The molecule has 2 atom stereocenters. The van der Waals surface area contributed by atoms with E-state index in [1.807, 2.05) is 20.8 Å². The topological polar surface area (TPSA) is 99.3 Å². The average molecular weight is 286 g/mol. The molecule has 0 aromatic rings. The Bertz CT molecular complexity index is 404. The number of hydrogen-bond donors (Lipinski definition) is 2. The van der Waals surface area contributed by atoms with Gasteiger partial charge in [0, 0.05) is 5.41 Å². The molecule has 0 amide bonds. The minimum atomic E-state index is -1.44. The highest BCUT2D eigenvalue weighted by atomic mass is 16.4. The number of carboxylic acid groups (broad SMARTS) is 2. The first-order chi connectivity index (χ1) is 9.03. The third kappa shape index (κ3) is 3.16. The molecule has 0 aliphatic rings. The molecule has 116 valence electrons. The summed E-state index contributed by atoms with van der Waals surface area (Å²) in [6.45, 7) is 10.3. The van der Waals surface area contributed by atoms with Gasteiger partial charge in [-0.15, -0.1) is 0 Å². The summed E-state index contributed by atoms with van der Waals surface area (Å²) in [4.78, 5) is 22.9. The quantitative estimate of drug-likeness (QED) is 0.668. The van der Waals surface area contributed by atoms with E-state index in [9.17, 15) is 19.8 Å². The summed E-state index contributed by atoms with van der Waals surface area (Å²) >= 11 is 0. The van der Waals surface area contributed by atoms with Crippen LogP contribution in [-0.4, -0.2) is 33.2 Å². The summed E-state index contributed by atoms with van der Waals surface area (Å²) in [5.41, 5.74) is -3.42. The molecule has 6 heteroatoms. The van der Waals surface area contributed by atoms with Gasteiger partial charge in [-0.1, -0.05) is 27.7 Å². The van der Waals surface area contributed by atoms with E-state index in [-0.39, 0.29) is 6.42 Å². The van der Waals surface area contributed by atoms with Crippen molar-refractivity contribution in [2.75, 3.05) is 0 Å². The average Bonchev–Trinajstić information content (AvgIpc) is 2.42. The van der Waals surface area contributed by atoms with Crippen LogP contribution < -0.4 is 0 Å². The second-order valence-electron chi connectivity index (χ2n) is 5.78. The first-order valence-corrected chi connectivity index (χ1v) is 6.93. The molecular formula is C14H26N2O4. The summed E-state index contributed by atoms with van der Waals surface area (Å²) in [6, 6.07) is 0. The van der Waals surface area contributed by atoms with Crippen LogP contribution in [0.2, 0.25) is 0 Å². The Labute approximate surface area is 120 Å². The van der Waals surface area contributed by atoms with Crippen LogP contribution in [0, 0.1) is 5.41 Å². The fourth-order valence-corrected chi connectivity index (χ4v) is 1.84. The van der Waals surface area contributed by atoms with Gasteiger partial charge in [0.15, 0.2) is 11.1 Å². The molecule has 0 radical (unpaired) electrons. The van der Waals surface area contributed by atoms with Gasteiger partial charge >= 0.3 is 11.9 Å². The zero-order valence-electron chi connectivity index (χ0n) is 13.2. The Hall–Kier alpha value is -1.46. The monoisotopic (exact) mass is 286 g/mol. The van der Waals surface area contributed by atoms with Gasteiger partial charge in [0.25, 0.3) is 0 Å². The molecule has 0 heterocycles. The van der Waals surface area contributed by atoms with Crippen molar-refractivity contribution in [2.24, 2.45) is 15.6 Å². The number of nitrogens with zero attached hydrogens (tertiary/aromatic N) is 2. The zero-order valence-corrected chi connectivity index (χ0v) is 13.2. The first-order valence-electron chi connectivity index (χ1n) is 6.93. The first kappa shape index (κ1) is 18.5. The Morgan fingerprint density at radius 3 is 1.55 bits per heavy atom. The number of rotatable bonds is 8. The summed E-state index contributed by atoms with van der Waals surface area (Å²) in [7, 11) is 0. The predicted molar refractivity (Wildman–Crippen MR) is 75.9 cm³/mol. The molecule has 0 bridgehead atoms. The second-order valence-corrected chi connectivity index (χ2v) is 5.78. The van der Waals surface area contributed by atoms with Gasteiger partial charge < -0.3 is 10.2 Å². The highest BCUT2D eigenvalue weighted by molar-refractivity contribution is 5.80. The van der Waals surface area contributed by atoms with Crippen molar-refractivity contribution in [2.45, 2.75) is 71.9 Å². The molecule has 0 aromatic carbocycles. The lowest BCUT2D eigenvalue weighted by atomic mass is 9.68. The van der Waals surface area contributed by atoms with Crippen molar-refractivity contribution in [1.82, 2.24) is 0 Å². The molecule has 0 saturated carbocycles. The van der Waals surface area contributed by atoms with E-state index in [4.69, 9.17) is 0 Å². The van der Waals surface area contributed by atoms with E-state index in [1.165, 1.54) is 13.8 Å². The zero-order chi connectivity index (χ0) is 16.2. The molecule has 0 spiro atoms. The van der Waals surface area contributed by atoms with Gasteiger partial charge in [-0.3, -0.25) is 0 Å². The third-order valence-electron chi connectivity index (χ3n) is 4.77. The van der Waals surface area contributed by atoms with Crippen LogP contribution in [0.3, 0.4) is 0 Å². The summed E-state index contributed by atoms with van der Waals surface area (Å²) < 4.78 is 0. The van der Waals surface area contributed by atoms with Gasteiger partial charge in [-0.25, -0.2) is 9.59 Å². The largest absolute Gasteiger partial charge is 0.479 e. The maximum atomic E-state index is 11.7. The fourth-order valence-electron chi connectivity index (χ4n) is 1.84. The van der Waals surface area contributed by atoms with E-state index < -0.39 is 28.4 Å². The van der Waals surface area contributed by atoms with Crippen molar-refractivity contribution in [3.8, 4) is 0 Å². The Balaban J connectivity index is 5.76. The smallest absolute Gasteiger partial charge is 0.333 e. The molecule has 0 aliphatic carbocycles. The Kier molecular flexibility index (Phi) is 5.86. The van der Waals surface area contributed by atoms with Crippen LogP contribution in [0.15, 0.2) is 10.2 Å². The van der Waals surface area contributed by atoms with Crippen molar-refractivity contribution >= 4 is 11.9 Å². The van der Waals surface area contributed by atoms with Gasteiger partial charge in [0.05, 0.1) is 0 Å². The summed E-state index contributed by atoms with van der Waals surface area (Å²) in [5.74, 6) is -2.19. The molecule has 0 aliphatic heterocycles. The Morgan fingerprint density at radius 1 is 0.850 bits per heavy atom. The standard InChI is InChI=1S/C14H26N2O4/c1-7-12(4,8-2)14(6,11(19)20)16-15-13(5,9-3)10(17)18/h7-9H2,1-6H3,(H,17,18)(H,19,20)/b16-15+. The van der Waals surface area contributed by atoms with Gasteiger partial charge in [0.1, 0.15) is 0 Å². The van der Waals surface area contributed by atoms with Crippen LogP contribution in [-0.2, 0) is 9.59 Å². The van der Waals surface area contributed by atoms with Gasteiger partial charge in [0.2, 0.25) is 0 Å². The number of carboxylic acids is 2. The number of aliphatic carboxylic acids is 2. The van der Waals surface area contributed by atoms with Crippen LogP contribution in [0.1, 0.15) is 60.8 Å². The molecule has 0 rings (SSSR count). The van der Waals surface area contributed by atoms with E-state index >= 15 is 0 Å². The highest BCUT2D eigenvalue weighted by Crippen LogP contribution is 2.41. The lowest BCUT2D eigenvalue weighted by molar-refractivity contribution is -0.149. The third-order valence-corrected chi connectivity index (χ3v) is 4.77. The lowest BCUT2D eigenvalue weighted by Gasteiger charge is -2.39. The fraction of sp³-hybridized carbons (Fsp3) is 0.857. The molecular weight excluding hydrogens is 260 g/mol. The minimum absolute atomic E-state index is 0.247. The van der Waals surface area contributed by atoms with Crippen molar-refractivity contribution in [3.05, 3.63) is 0 Å². The minimum Gasteiger partial charge on any atom is -0.479 e. The van der Waals surface area contributed by atoms with E-state index in [0.717, 1.165) is 0 Å². The molecule has 6 nitrogen and oxygen atoms in total. The summed E-state index contributed by atoms with van der Waals surface area (Å²) in [6.07, 6.45) is 1.47. The second kappa shape index (κ2) is 6.33. The van der Waals surface area contributed by atoms with Crippen LogP contribution in [0.4, 0.5) is 0 Å². The molecule has 20 heavy (non-hydrogen) atoms. The highest BCUT2D eigenvalue weighted by Gasteiger charge is 2.50. The normalized spacial score (nSPS) is 18.5. The van der Waals surface area contributed by atoms with E-state index in [2.05, 4.69) is 10.2 Å². The number of carbonyl (C=O) groups is 2. The van der Waals surface area contributed by atoms with Crippen LogP contribution in [0.5, 0.6) is 0 Å². The van der Waals surface area contributed by atoms with Crippen molar-refractivity contribution in [1.29, 1.82) is 0 Å². The van der Waals surface area contributed by atoms with Crippen LogP contribution in [0.25, 0.3) is 0 Å². The summed E-state index contributed by atoms with van der Waals surface area (Å²) in [5, 5.41) is 26.6. The lowest BCUT2D eigenvalue weighted by Crippen LogP contribution is -2.49. The van der Waals surface area contributed by atoms with Crippen molar-refractivity contribution in [3.63, 3.8) is 0 Å². The van der Waals surface area contributed by atoms with Gasteiger partial charge in [-0.2, -0.15) is 10.2 Å². The van der Waals surface area contributed by atoms with Crippen molar-refractivity contribution < 1.29 is 19.8 Å². The maximum Gasteiger partial charge on any atom is 0.333 e. The van der Waals surface area contributed by atoms with Gasteiger partial charge in [-0.05, 0) is 33.1 Å². The van der Waals surface area contributed by atoms with Crippen LogP contribution >= 0.6 is 0 Å². The molecule has 0 aromatic heterocycles. The number of hydrogen-bond acceptors (Lipinski definition) is 4. The molecule has 2 N–H and O–H groups in total. The van der Waals surface area contributed by atoms with E-state index in [0.29, 0.717) is 12.8 Å². The number of azo groups is 1. The predicted octanol–water partition coefficient (Wildman–Crippen LogP) is 3.36. The molecule has 0 fully saturated rings. The Morgan fingerprint density at radius 2 is 1.30 bits per heavy atom. The molecule has 0 saturated heterocycles. The maximum absolute atomic E-state index is 11.7. The SMILES string of the molecule is CCC(C)(/N=N/C(C)(C(=O)O)C(C)(CC)CC)C(=O)O.